The van der Waals surface area contributed by atoms with Gasteiger partial charge in [0.1, 0.15) is 5.82 Å². The van der Waals surface area contributed by atoms with Crippen LogP contribution in [-0.2, 0) is 14.3 Å². The van der Waals surface area contributed by atoms with Crippen molar-refractivity contribution >= 4 is 17.6 Å². The van der Waals surface area contributed by atoms with E-state index >= 15 is 0 Å². The van der Waals surface area contributed by atoms with E-state index in [-0.39, 0.29) is 0 Å². The molecular weight excluding hydrogens is 301 g/mol. The van der Waals surface area contributed by atoms with Crippen LogP contribution in [0.3, 0.4) is 0 Å². The van der Waals surface area contributed by atoms with E-state index < -0.39 is 29.9 Å². The van der Waals surface area contributed by atoms with Crippen LogP contribution in [0.2, 0.25) is 0 Å². The van der Waals surface area contributed by atoms with Gasteiger partial charge in [0.15, 0.2) is 12.2 Å². The van der Waals surface area contributed by atoms with Gasteiger partial charge in [-0.05, 0) is 36.8 Å². The van der Waals surface area contributed by atoms with E-state index in [0.29, 0.717) is 11.3 Å². The van der Waals surface area contributed by atoms with Gasteiger partial charge in [-0.1, -0.05) is 30.3 Å². The molecule has 2 aromatic carbocycles. The molecule has 1 amide bonds. The van der Waals surface area contributed by atoms with Crippen molar-refractivity contribution in [3.05, 3.63) is 66.0 Å². The monoisotopic (exact) mass is 317 g/mol. The number of benzene rings is 2. The van der Waals surface area contributed by atoms with Gasteiger partial charge in [-0.25, -0.2) is 9.18 Å². The molecule has 0 aliphatic heterocycles. The van der Waals surface area contributed by atoms with Crippen LogP contribution in [0.5, 0.6) is 0 Å². The van der Waals surface area contributed by atoms with Crippen LogP contribution in [0.1, 0.15) is 18.6 Å². The highest BCUT2D eigenvalue weighted by molar-refractivity contribution is 5.95. The number of halogens is 1. The summed E-state index contributed by atoms with van der Waals surface area (Å²) in [4.78, 5) is 23.8. The lowest BCUT2D eigenvalue weighted by Gasteiger charge is -2.16. The number of aliphatic hydroxyl groups excluding tert-OH is 1. The fraction of sp³-hybridized carbons (Fsp3) is 0.176. The number of rotatable bonds is 5. The maximum Gasteiger partial charge on any atom is 0.340 e. The van der Waals surface area contributed by atoms with Crippen molar-refractivity contribution in [3.63, 3.8) is 0 Å². The molecule has 2 atom stereocenters. The van der Waals surface area contributed by atoms with E-state index in [2.05, 4.69) is 5.32 Å². The molecule has 120 valence electrons. The number of esters is 1. The largest absolute Gasteiger partial charge is 0.450 e. The van der Waals surface area contributed by atoms with E-state index in [1.54, 1.807) is 30.3 Å². The highest BCUT2D eigenvalue weighted by atomic mass is 19.1. The third-order valence-corrected chi connectivity index (χ3v) is 3.11. The Morgan fingerprint density at radius 1 is 1.09 bits per heavy atom. The fourth-order valence-corrected chi connectivity index (χ4v) is 1.84. The smallest absolute Gasteiger partial charge is 0.340 e. The average molecular weight is 317 g/mol. The molecular formula is C17H16FNO4. The normalized spacial score (nSPS) is 13.0. The zero-order valence-electron chi connectivity index (χ0n) is 12.4. The third kappa shape index (κ3) is 4.62. The molecule has 0 aliphatic rings. The van der Waals surface area contributed by atoms with Crippen molar-refractivity contribution in [1.29, 1.82) is 0 Å². The van der Waals surface area contributed by atoms with Gasteiger partial charge < -0.3 is 15.2 Å². The molecule has 0 bridgehead atoms. The molecule has 0 spiro atoms. The van der Waals surface area contributed by atoms with Crippen LogP contribution in [-0.4, -0.2) is 23.1 Å². The second-order valence-electron chi connectivity index (χ2n) is 4.89. The first-order valence-electron chi connectivity index (χ1n) is 6.97. The predicted octanol–water partition coefficient (Wildman–Crippen LogP) is 2.43. The summed E-state index contributed by atoms with van der Waals surface area (Å²) in [5.41, 5.74) is 0.756. The average Bonchev–Trinajstić information content (AvgIpc) is 2.56. The molecule has 0 saturated heterocycles. The number of hydrogen-bond acceptors (Lipinski definition) is 4. The minimum Gasteiger partial charge on any atom is -0.450 e. The highest BCUT2D eigenvalue weighted by Crippen LogP contribution is 2.15. The summed E-state index contributed by atoms with van der Waals surface area (Å²) in [6.07, 6.45) is -2.57. The lowest BCUT2D eigenvalue weighted by molar-refractivity contribution is -0.162. The number of carbonyl (C=O) groups excluding carboxylic acids is 2. The van der Waals surface area contributed by atoms with Crippen molar-refractivity contribution in [3.8, 4) is 0 Å². The lowest BCUT2D eigenvalue weighted by atomic mass is 10.1. The molecule has 0 aliphatic carbocycles. The van der Waals surface area contributed by atoms with E-state index in [0.717, 1.165) is 0 Å². The Bertz CT molecular complexity index is 673. The van der Waals surface area contributed by atoms with Gasteiger partial charge in [0.05, 0.1) is 0 Å². The summed E-state index contributed by atoms with van der Waals surface area (Å²) in [5, 5.41) is 12.4. The van der Waals surface area contributed by atoms with Crippen LogP contribution in [0.15, 0.2) is 54.6 Å². The SMILES string of the molecule is C[C@H](OC(=O)[C@H](O)c1ccccc1)C(=O)Nc1ccc(F)cc1. The zero-order chi connectivity index (χ0) is 16.8. The van der Waals surface area contributed by atoms with Crippen molar-refractivity contribution in [2.45, 2.75) is 19.1 Å². The van der Waals surface area contributed by atoms with Crippen LogP contribution in [0.25, 0.3) is 0 Å². The molecule has 0 unspecified atom stereocenters. The maximum atomic E-state index is 12.8. The number of hydrogen-bond donors (Lipinski definition) is 2. The molecule has 2 N–H and O–H groups in total. The summed E-state index contributed by atoms with van der Waals surface area (Å²) >= 11 is 0. The van der Waals surface area contributed by atoms with Gasteiger partial charge >= 0.3 is 5.97 Å². The Balaban J connectivity index is 1.92. The summed E-state index contributed by atoms with van der Waals surface area (Å²) in [6, 6.07) is 13.4. The fourth-order valence-electron chi connectivity index (χ4n) is 1.84. The number of aliphatic hydroxyl groups is 1. The number of anilines is 1. The number of nitrogens with one attached hydrogen (secondary N) is 1. The molecule has 6 heteroatoms. The third-order valence-electron chi connectivity index (χ3n) is 3.11. The molecule has 0 radical (unpaired) electrons. The summed E-state index contributed by atoms with van der Waals surface area (Å²) in [6.45, 7) is 1.38. The molecule has 0 saturated carbocycles. The standard InChI is InChI=1S/C17H16FNO4/c1-11(16(21)19-14-9-7-13(18)8-10-14)23-17(22)15(20)12-5-3-2-4-6-12/h2-11,15,20H,1H3,(H,19,21)/t11-,15+/m0/s1. The topological polar surface area (TPSA) is 75.6 Å². The Kier molecular flexibility index (Phi) is 5.43. The number of carbonyl (C=O) groups is 2. The Morgan fingerprint density at radius 3 is 2.30 bits per heavy atom. The molecule has 0 fully saturated rings. The predicted molar refractivity (Wildman–Crippen MR) is 82.0 cm³/mol. The van der Waals surface area contributed by atoms with Crippen molar-refractivity contribution in [2.75, 3.05) is 5.32 Å². The van der Waals surface area contributed by atoms with E-state index in [9.17, 15) is 19.1 Å². The van der Waals surface area contributed by atoms with Gasteiger partial charge in [0.25, 0.3) is 5.91 Å². The second-order valence-corrected chi connectivity index (χ2v) is 4.89. The Labute approximate surface area is 132 Å². The minimum absolute atomic E-state index is 0.378. The first kappa shape index (κ1) is 16.6. The van der Waals surface area contributed by atoms with Crippen LogP contribution >= 0.6 is 0 Å². The van der Waals surface area contributed by atoms with Gasteiger partial charge in [0, 0.05) is 5.69 Å². The van der Waals surface area contributed by atoms with E-state index in [1.807, 2.05) is 0 Å². The van der Waals surface area contributed by atoms with E-state index in [4.69, 9.17) is 4.74 Å². The lowest BCUT2D eigenvalue weighted by Crippen LogP contribution is -2.31. The summed E-state index contributed by atoms with van der Waals surface area (Å²) < 4.78 is 17.7. The molecule has 0 heterocycles. The zero-order valence-corrected chi connectivity index (χ0v) is 12.4. The van der Waals surface area contributed by atoms with Gasteiger partial charge in [-0.15, -0.1) is 0 Å². The van der Waals surface area contributed by atoms with Gasteiger partial charge in [-0.2, -0.15) is 0 Å². The summed E-state index contributed by atoms with van der Waals surface area (Å²) in [5.74, 6) is -1.92. The van der Waals surface area contributed by atoms with E-state index in [1.165, 1.54) is 31.2 Å². The Morgan fingerprint density at radius 2 is 1.70 bits per heavy atom. The molecule has 0 aromatic heterocycles. The Hall–Kier alpha value is -2.73. The van der Waals surface area contributed by atoms with Crippen molar-refractivity contribution in [2.24, 2.45) is 0 Å². The molecule has 2 rings (SSSR count). The first-order valence-corrected chi connectivity index (χ1v) is 6.97. The van der Waals surface area contributed by atoms with Gasteiger partial charge in [-0.3, -0.25) is 4.79 Å². The minimum atomic E-state index is -1.46. The summed E-state index contributed by atoms with van der Waals surface area (Å²) in [7, 11) is 0. The van der Waals surface area contributed by atoms with Gasteiger partial charge in [0.2, 0.25) is 0 Å². The van der Waals surface area contributed by atoms with Crippen LogP contribution in [0, 0.1) is 5.82 Å². The van der Waals surface area contributed by atoms with Crippen molar-refractivity contribution in [1.82, 2.24) is 0 Å². The highest BCUT2D eigenvalue weighted by Gasteiger charge is 2.24. The molecule has 23 heavy (non-hydrogen) atoms. The van der Waals surface area contributed by atoms with Crippen molar-refractivity contribution < 1.29 is 23.8 Å². The molecule has 5 nitrogen and oxygen atoms in total. The van der Waals surface area contributed by atoms with Crippen LogP contribution in [0.4, 0.5) is 10.1 Å². The number of ether oxygens (including phenoxy) is 1. The molecule has 2 aromatic rings. The second kappa shape index (κ2) is 7.51. The first-order chi connectivity index (χ1) is 11.0. The van der Waals surface area contributed by atoms with Crippen LogP contribution < -0.4 is 5.32 Å². The maximum absolute atomic E-state index is 12.8. The number of amides is 1. The quantitative estimate of drug-likeness (QED) is 0.831.